The van der Waals surface area contributed by atoms with E-state index in [1.165, 1.54) is 16.4 Å². The Balaban J connectivity index is 2.23. The molecule has 0 unspecified atom stereocenters. The molecule has 0 spiro atoms. The Hall–Kier alpha value is -1.60. The second kappa shape index (κ2) is 6.44. The van der Waals surface area contributed by atoms with Gasteiger partial charge in [0.1, 0.15) is 0 Å². The molecule has 2 rings (SSSR count). The largest absolute Gasteiger partial charge is 0.478 e. The highest BCUT2D eigenvalue weighted by Crippen LogP contribution is 2.21. The molecule has 2 N–H and O–H groups in total. The van der Waals surface area contributed by atoms with Gasteiger partial charge in [-0.15, -0.1) is 0 Å². The van der Waals surface area contributed by atoms with E-state index in [1.807, 2.05) is 0 Å². The average Bonchev–Trinajstić information content (AvgIpc) is 2.70. The molecule has 0 atom stereocenters. The van der Waals surface area contributed by atoms with Crippen LogP contribution in [0, 0.1) is 6.92 Å². The molecule has 0 amide bonds. The highest BCUT2D eigenvalue weighted by molar-refractivity contribution is 7.90. The van der Waals surface area contributed by atoms with Crippen LogP contribution in [0.25, 0.3) is 0 Å². The predicted molar refractivity (Wildman–Crippen MR) is 80.7 cm³/mol. The molecule has 1 aliphatic rings. The summed E-state index contributed by atoms with van der Waals surface area (Å²) >= 11 is 0. The number of carboxylic acids is 1. The number of aryl methyl sites for hydroxylation is 1. The third-order valence-corrected chi connectivity index (χ3v) is 5.15. The lowest BCUT2D eigenvalue weighted by Crippen LogP contribution is -2.36. The summed E-state index contributed by atoms with van der Waals surface area (Å²) in [6.45, 7) is 2.76. The van der Waals surface area contributed by atoms with E-state index in [4.69, 9.17) is 5.11 Å². The molecule has 0 saturated carbocycles. The van der Waals surface area contributed by atoms with Crippen LogP contribution in [0.3, 0.4) is 0 Å². The average molecular weight is 312 g/mol. The van der Waals surface area contributed by atoms with Crippen LogP contribution in [0.15, 0.2) is 18.2 Å². The van der Waals surface area contributed by atoms with E-state index in [-0.39, 0.29) is 5.56 Å². The predicted octanol–water partition coefficient (Wildman–Crippen LogP) is 2.23. The van der Waals surface area contributed by atoms with E-state index >= 15 is 0 Å². The van der Waals surface area contributed by atoms with Crippen LogP contribution < -0.4 is 4.72 Å². The Morgan fingerprint density at radius 1 is 1.19 bits per heavy atom. The van der Waals surface area contributed by atoms with Crippen LogP contribution in [0.4, 0.5) is 5.69 Å². The Morgan fingerprint density at radius 2 is 1.81 bits per heavy atom. The smallest absolute Gasteiger partial charge is 0.335 e. The fraction of sp³-hybridized carbons (Fsp3) is 0.500. The van der Waals surface area contributed by atoms with Crippen molar-refractivity contribution in [2.24, 2.45) is 0 Å². The number of rotatable bonds is 4. The summed E-state index contributed by atoms with van der Waals surface area (Å²) in [5.74, 6) is -1.08. The number of hydrogen-bond donors (Lipinski definition) is 2. The van der Waals surface area contributed by atoms with Crippen LogP contribution in [0.1, 0.15) is 41.6 Å². The first-order chi connectivity index (χ1) is 9.90. The molecule has 1 fully saturated rings. The number of aromatic carboxylic acids is 1. The minimum Gasteiger partial charge on any atom is -0.478 e. The van der Waals surface area contributed by atoms with Gasteiger partial charge in [-0.3, -0.25) is 4.72 Å². The SMILES string of the molecule is Cc1ccc(C(=O)O)cc1NS(=O)(=O)N1CCCCCC1. The van der Waals surface area contributed by atoms with Crippen molar-refractivity contribution >= 4 is 21.9 Å². The number of benzene rings is 1. The topological polar surface area (TPSA) is 86.7 Å². The molecule has 21 heavy (non-hydrogen) atoms. The van der Waals surface area contributed by atoms with E-state index in [0.717, 1.165) is 25.7 Å². The highest BCUT2D eigenvalue weighted by Gasteiger charge is 2.23. The van der Waals surface area contributed by atoms with Crippen molar-refractivity contribution in [3.8, 4) is 0 Å². The Labute approximate surface area is 125 Å². The number of anilines is 1. The lowest BCUT2D eigenvalue weighted by atomic mass is 10.1. The third-order valence-electron chi connectivity index (χ3n) is 3.63. The number of hydrogen-bond acceptors (Lipinski definition) is 3. The van der Waals surface area contributed by atoms with Gasteiger partial charge < -0.3 is 5.11 Å². The van der Waals surface area contributed by atoms with Crippen molar-refractivity contribution in [3.05, 3.63) is 29.3 Å². The molecule has 1 saturated heterocycles. The van der Waals surface area contributed by atoms with Crippen molar-refractivity contribution < 1.29 is 18.3 Å². The summed E-state index contributed by atoms with van der Waals surface area (Å²) < 4.78 is 28.8. The molecule has 0 aliphatic carbocycles. The number of carboxylic acid groups (broad SMARTS) is 1. The molecule has 0 bridgehead atoms. The lowest BCUT2D eigenvalue weighted by Gasteiger charge is -2.21. The van der Waals surface area contributed by atoms with Gasteiger partial charge in [0.25, 0.3) is 0 Å². The van der Waals surface area contributed by atoms with Gasteiger partial charge in [-0.25, -0.2) is 4.79 Å². The third kappa shape index (κ3) is 3.95. The maximum Gasteiger partial charge on any atom is 0.335 e. The quantitative estimate of drug-likeness (QED) is 0.892. The Morgan fingerprint density at radius 3 is 2.38 bits per heavy atom. The lowest BCUT2D eigenvalue weighted by molar-refractivity contribution is 0.0697. The van der Waals surface area contributed by atoms with Gasteiger partial charge in [0, 0.05) is 13.1 Å². The second-order valence-electron chi connectivity index (χ2n) is 5.26. The van der Waals surface area contributed by atoms with Gasteiger partial charge in [-0.1, -0.05) is 18.9 Å². The second-order valence-corrected chi connectivity index (χ2v) is 6.93. The monoisotopic (exact) mass is 312 g/mol. The summed E-state index contributed by atoms with van der Waals surface area (Å²) in [5, 5.41) is 9.00. The number of carbonyl (C=O) groups is 1. The molecule has 116 valence electrons. The molecule has 1 heterocycles. The van der Waals surface area contributed by atoms with Crippen molar-refractivity contribution in [3.63, 3.8) is 0 Å². The van der Waals surface area contributed by atoms with E-state index < -0.39 is 16.2 Å². The molecule has 1 aromatic carbocycles. The minimum absolute atomic E-state index is 0.0640. The van der Waals surface area contributed by atoms with Crippen molar-refractivity contribution in [1.29, 1.82) is 0 Å². The van der Waals surface area contributed by atoms with E-state index in [2.05, 4.69) is 4.72 Å². The summed E-state index contributed by atoms with van der Waals surface area (Å²) in [6, 6.07) is 4.41. The maximum atomic E-state index is 12.4. The molecule has 1 aromatic rings. The van der Waals surface area contributed by atoms with Crippen LogP contribution in [0.5, 0.6) is 0 Å². The first kappa shape index (κ1) is 15.8. The van der Waals surface area contributed by atoms with Crippen LogP contribution in [-0.2, 0) is 10.2 Å². The van der Waals surface area contributed by atoms with Crippen LogP contribution >= 0.6 is 0 Å². The molecule has 0 aromatic heterocycles. The van der Waals surface area contributed by atoms with Gasteiger partial charge in [0.05, 0.1) is 11.3 Å². The normalized spacial score (nSPS) is 17.2. The van der Waals surface area contributed by atoms with Crippen molar-refractivity contribution in [1.82, 2.24) is 4.31 Å². The standard InChI is InChI=1S/C14H20N2O4S/c1-11-6-7-12(14(17)18)10-13(11)15-21(19,20)16-8-4-2-3-5-9-16/h6-7,10,15H,2-5,8-9H2,1H3,(H,17,18). The molecular weight excluding hydrogens is 292 g/mol. The van der Waals surface area contributed by atoms with E-state index in [9.17, 15) is 13.2 Å². The highest BCUT2D eigenvalue weighted by atomic mass is 32.2. The van der Waals surface area contributed by atoms with E-state index in [1.54, 1.807) is 13.0 Å². The van der Waals surface area contributed by atoms with Crippen molar-refractivity contribution in [2.45, 2.75) is 32.6 Å². The summed E-state index contributed by atoms with van der Waals surface area (Å²) in [4.78, 5) is 11.0. The van der Waals surface area contributed by atoms with Gasteiger partial charge in [0.15, 0.2) is 0 Å². The first-order valence-corrected chi connectivity index (χ1v) is 8.46. The summed E-state index contributed by atoms with van der Waals surface area (Å²) in [7, 11) is -3.63. The van der Waals surface area contributed by atoms with Gasteiger partial charge in [0.2, 0.25) is 0 Å². The Kier molecular flexibility index (Phi) is 4.84. The molecule has 7 heteroatoms. The van der Waals surface area contributed by atoms with Crippen LogP contribution in [-0.4, -0.2) is 36.9 Å². The summed E-state index contributed by atoms with van der Waals surface area (Å²) in [5.41, 5.74) is 1.08. The zero-order valence-electron chi connectivity index (χ0n) is 12.0. The number of nitrogens with zero attached hydrogens (tertiary/aromatic N) is 1. The van der Waals surface area contributed by atoms with Gasteiger partial charge in [-0.05, 0) is 37.5 Å². The van der Waals surface area contributed by atoms with Crippen molar-refractivity contribution in [2.75, 3.05) is 17.8 Å². The maximum absolute atomic E-state index is 12.4. The van der Waals surface area contributed by atoms with Crippen LogP contribution in [0.2, 0.25) is 0 Å². The minimum atomic E-state index is -3.63. The summed E-state index contributed by atoms with van der Waals surface area (Å²) in [6.07, 6.45) is 3.79. The molecule has 0 radical (unpaired) electrons. The zero-order valence-corrected chi connectivity index (χ0v) is 12.8. The first-order valence-electron chi connectivity index (χ1n) is 7.02. The molecule has 1 aliphatic heterocycles. The number of nitrogens with one attached hydrogen (secondary N) is 1. The fourth-order valence-electron chi connectivity index (χ4n) is 2.35. The zero-order chi connectivity index (χ0) is 15.5. The van der Waals surface area contributed by atoms with E-state index in [0.29, 0.717) is 24.3 Å². The molecule has 6 nitrogen and oxygen atoms in total. The fourth-order valence-corrected chi connectivity index (χ4v) is 3.72. The van der Waals surface area contributed by atoms with Gasteiger partial charge >= 0.3 is 16.2 Å². The Bertz CT molecular complexity index is 620. The van der Waals surface area contributed by atoms with Gasteiger partial charge in [-0.2, -0.15) is 12.7 Å². The molecular formula is C14H20N2O4S.